The van der Waals surface area contributed by atoms with Crippen molar-refractivity contribution in [3.8, 4) is 28.3 Å². The number of aromatic nitrogens is 3. The van der Waals surface area contributed by atoms with Crippen LogP contribution in [0.5, 0.6) is 0 Å². The largest absolute Gasteiger partial charge is 0.557 e. The van der Waals surface area contributed by atoms with Crippen LogP contribution in [0.25, 0.3) is 72.3 Å². The fourth-order valence-corrected chi connectivity index (χ4v) is 9.16. The van der Waals surface area contributed by atoms with Gasteiger partial charge in [0, 0.05) is 60.7 Å². The number of fused-ring (bicyclic) bond motifs is 5. The third-order valence-corrected chi connectivity index (χ3v) is 12.1. The van der Waals surface area contributed by atoms with E-state index in [2.05, 4.69) is 136 Å². The number of nitrogens with zero attached hydrogens (tertiary/aromatic N) is 3. The first-order valence-electron chi connectivity index (χ1n) is 19.3. The summed E-state index contributed by atoms with van der Waals surface area (Å²) in [6.07, 6.45) is 7.41. The zero-order valence-corrected chi connectivity index (χ0v) is 36.5. The summed E-state index contributed by atoms with van der Waals surface area (Å²) in [6.45, 7) is 16.2. The van der Waals surface area contributed by atoms with E-state index in [9.17, 15) is 0 Å². The molecule has 5 nitrogen and oxygen atoms in total. The van der Waals surface area contributed by atoms with Gasteiger partial charge in [0.15, 0.2) is 0 Å². The normalized spacial score (nSPS) is 11.8. The van der Waals surface area contributed by atoms with Crippen LogP contribution in [0.4, 0.5) is 0 Å². The predicted molar refractivity (Wildman–Crippen MR) is 231 cm³/mol. The number of pyridine rings is 1. The van der Waals surface area contributed by atoms with Gasteiger partial charge in [-0.2, -0.15) is 0 Å². The summed E-state index contributed by atoms with van der Waals surface area (Å²) in [5.74, 6) is 2.06. The first-order valence-corrected chi connectivity index (χ1v) is 22.8. The molecule has 0 spiro atoms. The standard InChI is InChI=1S/C31H23N2O2.C18H24NSi.Ir/c1-19(2)15-20-11-13-24-25(18-34-29(24)16-20)31-32-26-8-4-5-9-27(26)33(31)21-12-14-23-22-7-3-6-10-28(22)35-30(23)17-21;1-14(2)11-16-12-17(15-9-7-6-8-10-15)19-13-18(16)20(3,4)5;/h3-14,16-17,19H,15H2,1-2H3;6-9,12-14H,11H2,1-5H3;/q2*-1;. The van der Waals surface area contributed by atoms with E-state index in [-0.39, 0.29) is 20.1 Å². The van der Waals surface area contributed by atoms with Crippen LogP contribution in [0, 0.1) is 24.2 Å². The van der Waals surface area contributed by atoms with Crippen molar-refractivity contribution in [3.05, 3.63) is 145 Å². The molecule has 0 aliphatic heterocycles. The van der Waals surface area contributed by atoms with Crippen LogP contribution >= 0.6 is 0 Å². The van der Waals surface area contributed by atoms with Gasteiger partial charge in [-0.05, 0) is 65.9 Å². The van der Waals surface area contributed by atoms with Crippen LogP contribution in [0.2, 0.25) is 19.6 Å². The number of furan rings is 2. The van der Waals surface area contributed by atoms with Crippen LogP contribution < -0.4 is 5.19 Å². The second-order valence-corrected chi connectivity index (χ2v) is 21.4. The Balaban J connectivity index is 0.000000197. The molecule has 0 atom stereocenters. The van der Waals surface area contributed by atoms with E-state index in [4.69, 9.17) is 13.8 Å². The topological polar surface area (TPSA) is 57.0 Å². The van der Waals surface area contributed by atoms with Crippen molar-refractivity contribution in [2.75, 3.05) is 0 Å². The Morgan fingerprint density at radius 2 is 1.45 bits per heavy atom. The molecule has 0 amide bonds. The van der Waals surface area contributed by atoms with Gasteiger partial charge in [-0.15, -0.1) is 42.0 Å². The first-order chi connectivity index (χ1) is 26.5. The van der Waals surface area contributed by atoms with E-state index in [1.165, 1.54) is 16.3 Å². The molecule has 7 heteroatoms. The Morgan fingerprint density at radius 3 is 2.21 bits per heavy atom. The molecule has 9 rings (SSSR count). The molecule has 4 heterocycles. The smallest absolute Gasteiger partial charge is 0.137 e. The van der Waals surface area contributed by atoms with Crippen molar-refractivity contribution in [1.82, 2.24) is 14.5 Å². The molecule has 0 aliphatic carbocycles. The third kappa shape index (κ3) is 7.95. The second-order valence-electron chi connectivity index (χ2n) is 16.4. The van der Waals surface area contributed by atoms with Gasteiger partial charge in [0.1, 0.15) is 11.2 Å². The van der Waals surface area contributed by atoms with E-state index < -0.39 is 8.07 Å². The van der Waals surface area contributed by atoms with Gasteiger partial charge in [0.05, 0.1) is 24.9 Å². The molecule has 0 fully saturated rings. The van der Waals surface area contributed by atoms with Crippen LogP contribution in [0.3, 0.4) is 0 Å². The molecule has 0 bridgehead atoms. The molecule has 5 aromatic carbocycles. The summed E-state index contributed by atoms with van der Waals surface area (Å²) in [5, 5.41) is 4.73. The SMILES string of the molecule is CC(C)Cc1cc(-c2[c-]cccc2)ncc1[Si](C)(C)C.CC(C)Cc1ccc2c(-c3nc4ccccc4n3-c3ccc4c(c3)oc3ccccc34)[c-]oc2c1.[Ir]. The summed E-state index contributed by atoms with van der Waals surface area (Å²) in [4.78, 5) is 9.70. The average molecular weight is 930 g/mol. The van der Waals surface area contributed by atoms with Crippen molar-refractivity contribution in [2.45, 2.75) is 60.2 Å². The minimum atomic E-state index is -1.34. The maximum absolute atomic E-state index is 6.19. The molecule has 0 aliphatic rings. The number of rotatable bonds is 8. The quantitative estimate of drug-likeness (QED) is 0.113. The number of para-hydroxylation sites is 3. The van der Waals surface area contributed by atoms with Crippen molar-refractivity contribution in [3.63, 3.8) is 0 Å². The van der Waals surface area contributed by atoms with E-state index in [1.807, 2.05) is 54.6 Å². The zero-order valence-electron chi connectivity index (χ0n) is 33.1. The summed E-state index contributed by atoms with van der Waals surface area (Å²) < 4.78 is 14.3. The Kier molecular flexibility index (Phi) is 11.3. The number of benzene rings is 5. The predicted octanol–water partition coefficient (Wildman–Crippen LogP) is 12.6. The Labute approximate surface area is 344 Å². The first kappa shape index (κ1) is 39.2. The third-order valence-electron chi connectivity index (χ3n) is 10.0. The maximum Gasteiger partial charge on any atom is 0.137 e. The van der Waals surface area contributed by atoms with Crippen molar-refractivity contribution >= 4 is 57.2 Å². The minimum Gasteiger partial charge on any atom is -0.557 e. The molecule has 9 aromatic rings. The average Bonchev–Trinajstić information content (AvgIpc) is 3.87. The van der Waals surface area contributed by atoms with Gasteiger partial charge >= 0.3 is 0 Å². The number of imidazole rings is 1. The second kappa shape index (κ2) is 16.2. The summed E-state index contributed by atoms with van der Waals surface area (Å²) in [7, 11) is -1.34. The molecular weight excluding hydrogens is 883 g/mol. The molecular formula is C49H47IrN3O2Si-2. The van der Waals surface area contributed by atoms with Gasteiger partial charge in [-0.1, -0.05) is 118 Å². The van der Waals surface area contributed by atoms with Crippen LogP contribution in [0.1, 0.15) is 38.8 Å². The van der Waals surface area contributed by atoms with Gasteiger partial charge in [0.2, 0.25) is 0 Å². The molecule has 4 aromatic heterocycles. The molecule has 0 N–H and O–H groups in total. The number of hydrogen-bond donors (Lipinski definition) is 0. The van der Waals surface area contributed by atoms with Crippen LogP contribution in [-0.2, 0) is 32.9 Å². The molecule has 285 valence electrons. The van der Waals surface area contributed by atoms with Gasteiger partial charge < -0.3 is 18.4 Å². The Bertz CT molecular complexity index is 2770. The van der Waals surface area contributed by atoms with Gasteiger partial charge in [-0.25, -0.2) is 0 Å². The molecule has 0 saturated heterocycles. The van der Waals surface area contributed by atoms with Crippen molar-refractivity contribution < 1.29 is 28.9 Å². The van der Waals surface area contributed by atoms with E-state index in [1.54, 1.807) is 0 Å². The van der Waals surface area contributed by atoms with E-state index >= 15 is 0 Å². The van der Waals surface area contributed by atoms with E-state index in [0.717, 1.165) is 85.1 Å². The molecule has 56 heavy (non-hydrogen) atoms. The molecule has 1 radical (unpaired) electrons. The molecule has 0 saturated carbocycles. The summed E-state index contributed by atoms with van der Waals surface area (Å²) >= 11 is 0. The number of hydrogen-bond acceptors (Lipinski definition) is 4. The fraction of sp³-hybridized carbons (Fsp3) is 0.224. The maximum atomic E-state index is 6.19. The Hall–Kier alpha value is -5.07. The van der Waals surface area contributed by atoms with Gasteiger partial charge in [-0.3, -0.25) is 4.98 Å². The summed E-state index contributed by atoms with van der Waals surface area (Å²) in [6, 6.07) is 42.7. The molecule has 0 unspecified atom stereocenters. The van der Waals surface area contributed by atoms with Crippen LogP contribution in [-0.4, -0.2) is 22.6 Å². The zero-order chi connectivity index (χ0) is 38.3. The van der Waals surface area contributed by atoms with Crippen molar-refractivity contribution in [2.24, 2.45) is 11.8 Å². The van der Waals surface area contributed by atoms with Crippen molar-refractivity contribution in [1.29, 1.82) is 0 Å². The Morgan fingerprint density at radius 1 is 0.714 bits per heavy atom. The summed E-state index contributed by atoms with van der Waals surface area (Å²) in [5.41, 5.74) is 11.2. The fourth-order valence-electron chi connectivity index (χ4n) is 7.57. The minimum absolute atomic E-state index is 0. The monoisotopic (exact) mass is 930 g/mol. The van der Waals surface area contributed by atoms with Crippen LogP contribution in [0.15, 0.2) is 130 Å². The van der Waals surface area contributed by atoms with E-state index in [0.29, 0.717) is 11.8 Å². The van der Waals surface area contributed by atoms with Gasteiger partial charge in [0.25, 0.3) is 0 Å².